The summed E-state index contributed by atoms with van der Waals surface area (Å²) < 4.78 is 0.952. The summed E-state index contributed by atoms with van der Waals surface area (Å²) in [6, 6.07) is 6.39. The maximum Gasteiger partial charge on any atom is 0.169 e. The van der Waals surface area contributed by atoms with Crippen LogP contribution in [-0.4, -0.2) is 9.97 Å². The largest absolute Gasteiger partial charge is 0.333 e. The van der Waals surface area contributed by atoms with Gasteiger partial charge in [0.05, 0.1) is 11.0 Å². The second-order valence-electron chi connectivity index (χ2n) is 3.46. The third kappa shape index (κ3) is 1.70. The molecule has 0 fully saturated rings. The number of rotatable bonds is 1. The Hall–Kier alpha value is -0.580. The number of nitrogens with zero attached hydrogens (tertiary/aromatic N) is 1. The molecular formula is C10H11IN2. The van der Waals surface area contributed by atoms with Gasteiger partial charge in [0, 0.05) is 0 Å². The Kier molecular flexibility index (Phi) is 2.27. The summed E-state index contributed by atoms with van der Waals surface area (Å²) in [6.45, 7) is 4.39. The molecule has 0 radical (unpaired) electrons. The number of H-pyrrole nitrogens is 1. The van der Waals surface area contributed by atoms with E-state index >= 15 is 0 Å². The SMILES string of the molecule is CC(C)c1ccc2nc(I)[nH]c2c1. The normalized spacial score (nSPS) is 11.4. The van der Waals surface area contributed by atoms with Gasteiger partial charge in [-0.2, -0.15) is 0 Å². The fourth-order valence-corrected chi connectivity index (χ4v) is 1.91. The monoisotopic (exact) mass is 286 g/mol. The van der Waals surface area contributed by atoms with Crippen LogP contribution in [0, 0.1) is 3.83 Å². The molecule has 0 spiro atoms. The van der Waals surface area contributed by atoms with Crippen LogP contribution in [0.4, 0.5) is 0 Å². The molecule has 0 aliphatic carbocycles. The minimum absolute atomic E-state index is 0.574. The number of nitrogens with one attached hydrogen (secondary N) is 1. The highest BCUT2D eigenvalue weighted by Gasteiger charge is 2.03. The summed E-state index contributed by atoms with van der Waals surface area (Å²) in [7, 11) is 0. The van der Waals surface area contributed by atoms with E-state index < -0.39 is 0 Å². The van der Waals surface area contributed by atoms with Crippen LogP contribution in [0.25, 0.3) is 11.0 Å². The predicted molar refractivity (Wildman–Crippen MR) is 62.9 cm³/mol. The van der Waals surface area contributed by atoms with E-state index in [9.17, 15) is 0 Å². The van der Waals surface area contributed by atoms with Crippen molar-refractivity contribution in [1.82, 2.24) is 9.97 Å². The van der Waals surface area contributed by atoms with Crippen LogP contribution < -0.4 is 0 Å². The lowest BCUT2D eigenvalue weighted by atomic mass is 10.0. The molecule has 0 saturated carbocycles. The molecule has 0 bridgehead atoms. The first-order valence-electron chi connectivity index (χ1n) is 4.32. The van der Waals surface area contributed by atoms with E-state index in [-0.39, 0.29) is 0 Å². The molecule has 0 saturated heterocycles. The third-order valence-electron chi connectivity index (χ3n) is 2.14. The molecule has 0 aliphatic heterocycles. The second kappa shape index (κ2) is 3.29. The number of imidazole rings is 1. The number of aromatic amines is 1. The highest BCUT2D eigenvalue weighted by atomic mass is 127. The summed E-state index contributed by atoms with van der Waals surface area (Å²) in [6.07, 6.45) is 0. The molecule has 2 nitrogen and oxygen atoms in total. The Morgan fingerprint density at radius 3 is 2.85 bits per heavy atom. The molecule has 2 rings (SSSR count). The van der Waals surface area contributed by atoms with Crippen molar-refractivity contribution >= 4 is 33.6 Å². The second-order valence-corrected chi connectivity index (χ2v) is 4.48. The van der Waals surface area contributed by atoms with Crippen LogP contribution in [0.3, 0.4) is 0 Å². The quantitative estimate of drug-likeness (QED) is 0.801. The van der Waals surface area contributed by atoms with Crippen molar-refractivity contribution in [2.45, 2.75) is 19.8 Å². The molecule has 2 aromatic rings. The van der Waals surface area contributed by atoms with Crippen molar-refractivity contribution < 1.29 is 0 Å². The zero-order chi connectivity index (χ0) is 9.42. The summed E-state index contributed by atoms with van der Waals surface area (Å²) in [5.74, 6) is 0.574. The fourth-order valence-electron chi connectivity index (χ4n) is 1.36. The number of benzene rings is 1. The molecule has 0 aliphatic rings. The lowest BCUT2D eigenvalue weighted by Gasteiger charge is -2.03. The van der Waals surface area contributed by atoms with Gasteiger partial charge < -0.3 is 4.98 Å². The van der Waals surface area contributed by atoms with Gasteiger partial charge in [-0.3, -0.25) is 0 Å². The summed E-state index contributed by atoms with van der Waals surface area (Å²) in [5.41, 5.74) is 3.54. The van der Waals surface area contributed by atoms with Crippen molar-refractivity contribution in [2.75, 3.05) is 0 Å². The maximum absolute atomic E-state index is 4.34. The van der Waals surface area contributed by atoms with Crippen LogP contribution in [0.1, 0.15) is 25.3 Å². The minimum atomic E-state index is 0.574. The van der Waals surface area contributed by atoms with Crippen molar-refractivity contribution in [2.24, 2.45) is 0 Å². The molecule has 1 N–H and O–H groups in total. The van der Waals surface area contributed by atoms with E-state index in [1.807, 2.05) is 0 Å². The number of aromatic nitrogens is 2. The van der Waals surface area contributed by atoms with E-state index in [1.165, 1.54) is 5.56 Å². The van der Waals surface area contributed by atoms with E-state index in [0.29, 0.717) is 5.92 Å². The first kappa shape index (κ1) is 8.99. The molecule has 0 unspecified atom stereocenters. The molecular weight excluding hydrogens is 275 g/mol. The van der Waals surface area contributed by atoms with Crippen LogP contribution >= 0.6 is 22.6 Å². The molecule has 1 aromatic heterocycles. The summed E-state index contributed by atoms with van der Waals surface area (Å²) in [5, 5.41) is 0. The van der Waals surface area contributed by atoms with Crippen LogP contribution in [-0.2, 0) is 0 Å². The lowest BCUT2D eigenvalue weighted by Crippen LogP contribution is -1.85. The number of fused-ring (bicyclic) bond motifs is 1. The van der Waals surface area contributed by atoms with E-state index in [4.69, 9.17) is 0 Å². The Morgan fingerprint density at radius 1 is 1.38 bits per heavy atom. The first-order chi connectivity index (χ1) is 6.16. The smallest absolute Gasteiger partial charge is 0.169 e. The average molecular weight is 286 g/mol. The first-order valence-corrected chi connectivity index (χ1v) is 5.40. The predicted octanol–water partition coefficient (Wildman–Crippen LogP) is 3.29. The minimum Gasteiger partial charge on any atom is -0.333 e. The zero-order valence-corrected chi connectivity index (χ0v) is 9.79. The van der Waals surface area contributed by atoms with Gasteiger partial charge in [0.1, 0.15) is 0 Å². The topological polar surface area (TPSA) is 28.7 Å². The maximum atomic E-state index is 4.34. The van der Waals surface area contributed by atoms with E-state index in [2.05, 4.69) is 64.6 Å². The van der Waals surface area contributed by atoms with Crippen molar-refractivity contribution in [3.63, 3.8) is 0 Å². The molecule has 13 heavy (non-hydrogen) atoms. The number of halogens is 1. The Balaban J connectivity index is 2.61. The van der Waals surface area contributed by atoms with Gasteiger partial charge >= 0.3 is 0 Å². The highest BCUT2D eigenvalue weighted by Crippen LogP contribution is 2.20. The van der Waals surface area contributed by atoms with Gasteiger partial charge in [0.2, 0.25) is 0 Å². The van der Waals surface area contributed by atoms with Crippen LogP contribution in [0.15, 0.2) is 18.2 Å². The fraction of sp³-hybridized carbons (Fsp3) is 0.300. The molecule has 0 amide bonds. The third-order valence-corrected chi connectivity index (χ3v) is 2.65. The zero-order valence-electron chi connectivity index (χ0n) is 7.63. The highest BCUT2D eigenvalue weighted by molar-refractivity contribution is 14.1. The lowest BCUT2D eigenvalue weighted by molar-refractivity contribution is 0.868. The Morgan fingerprint density at radius 2 is 2.15 bits per heavy atom. The standard InChI is InChI=1S/C10H11IN2/c1-6(2)7-3-4-8-9(5-7)13-10(11)12-8/h3-6H,1-2H3,(H,12,13). The van der Waals surface area contributed by atoms with E-state index in [1.54, 1.807) is 0 Å². The summed E-state index contributed by atoms with van der Waals surface area (Å²) >= 11 is 2.20. The molecule has 68 valence electrons. The summed E-state index contributed by atoms with van der Waals surface area (Å²) in [4.78, 5) is 7.57. The van der Waals surface area contributed by atoms with Gasteiger partial charge in [-0.15, -0.1) is 0 Å². The Bertz CT molecular complexity index is 431. The Labute approximate surface area is 90.9 Å². The van der Waals surface area contributed by atoms with Gasteiger partial charge in [0.25, 0.3) is 0 Å². The van der Waals surface area contributed by atoms with Gasteiger partial charge in [-0.1, -0.05) is 19.9 Å². The van der Waals surface area contributed by atoms with Gasteiger partial charge in [-0.25, -0.2) is 4.98 Å². The number of hydrogen-bond donors (Lipinski definition) is 1. The number of hydrogen-bond acceptors (Lipinski definition) is 1. The molecule has 0 atom stereocenters. The molecule has 1 aromatic carbocycles. The van der Waals surface area contributed by atoms with Crippen molar-refractivity contribution in [3.8, 4) is 0 Å². The average Bonchev–Trinajstić information content (AvgIpc) is 2.42. The van der Waals surface area contributed by atoms with Crippen molar-refractivity contribution in [1.29, 1.82) is 0 Å². The van der Waals surface area contributed by atoms with E-state index in [0.717, 1.165) is 14.9 Å². The van der Waals surface area contributed by atoms with Gasteiger partial charge in [0.15, 0.2) is 3.83 Å². The van der Waals surface area contributed by atoms with Crippen molar-refractivity contribution in [3.05, 3.63) is 27.6 Å². The van der Waals surface area contributed by atoms with Gasteiger partial charge in [-0.05, 0) is 46.2 Å². The van der Waals surface area contributed by atoms with Crippen LogP contribution in [0.2, 0.25) is 0 Å². The molecule has 1 heterocycles. The molecule has 3 heteroatoms. The van der Waals surface area contributed by atoms with Crippen LogP contribution in [0.5, 0.6) is 0 Å².